The van der Waals surface area contributed by atoms with Gasteiger partial charge in [0.1, 0.15) is 5.75 Å². The summed E-state index contributed by atoms with van der Waals surface area (Å²) < 4.78 is 5.68. The first-order chi connectivity index (χ1) is 9.60. The van der Waals surface area contributed by atoms with E-state index >= 15 is 0 Å². The largest absolute Gasteiger partial charge is 0.491 e. The van der Waals surface area contributed by atoms with E-state index in [1.165, 1.54) is 0 Å². The van der Waals surface area contributed by atoms with Crippen molar-refractivity contribution in [2.24, 2.45) is 11.7 Å². The van der Waals surface area contributed by atoms with E-state index < -0.39 is 5.91 Å². The van der Waals surface area contributed by atoms with Crippen molar-refractivity contribution in [3.05, 3.63) is 27.7 Å². The molecule has 0 aliphatic heterocycles. The summed E-state index contributed by atoms with van der Waals surface area (Å²) in [6, 6.07) is 3.42. The van der Waals surface area contributed by atoms with Crippen molar-refractivity contribution in [3.8, 4) is 5.75 Å². The Bertz CT molecular complexity index is 513. The number of carbonyl (C=O) groups excluding carboxylic acids is 1. The monoisotopic (exact) mass is 332 g/mol. The second-order valence-electron chi connectivity index (χ2n) is 6.09. The number of halogens is 2. The molecular formula is C15H22Cl2N2O2. The van der Waals surface area contributed by atoms with Gasteiger partial charge in [-0.2, -0.15) is 0 Å². The summed E-state index contributed by atoms with van der Waals surface area (Å²) in [6.45, 7) is 8.64. The molecule has 0 aromatic heterocycles. The number of benzene rings is 1. The van der Waals surface area contributed by atoms with Crippen LogP contribution in [0.25, 0.3) is 0 Å². The van der Waals surface area contributed by atoms with Crippen molar-refractivity contribution < 1.29 is 9.53 Å². The van der Waals surface area contributed by atoms with Crippen molar-refractivity contribution in [1.29, 1.82) is 0 Å². The average Bonchev–Trinajstić information content (AvgIpc) is 2.33. The van der Waals surface area contributed by atoms with E-state index in [2.05, 4.69) is 26.1 Å². The fraction of sp³-hybridized carbons (Fsp3) is 0.533. The van der Waals surface area contributed by atoms with Crippen LogP contribution in [-0.4, -0.2) is 18.1 Å². The molecule has 1 amide bonds. The summed E-state index contributed by atoms with van der Waals surface area (Å²) >= 11 is 12.2. The molecule has 1 atom stereocenters. The lowest BCUT2D eigenvalue weighted by Gasteiger charge is -2.22. The van der Waals surface area contributed by atoms with Crippen LogP contribution in [-0.2, 0) is 11.3 Å². The summed E-state index contributed by atoms with van der Waals surface area (Å²) in [6.07, 6.45) is 0. The second kappa shape index (κ2) is 7.34. The summed E-state index contributed by atoms with van der Waals surface area (Å²) in [5, 5.41) is 4.32. The van der Waals surface area contributed by atoms with Gasteiger partial charge in [-0.25, -0.2) is 0 Å². The lowest BCUT2D eigenvalue weighted by Crippen LogP contribution is -2.35. The Balaban J connectivity index is 2.92. The molecule has 0 saturated heterocycles. The van der Waals surface area contributed by atoms with Gasteiger partial charge in [-0.1, -0.05) is 30.1 Å². The van der Waals surface area contributed by atoms with Crippen molar-refractivity contribution >= 4 is 29.1 Å². The van der Waals surface area contributed by atoms with Crippen LogP contribution >= 0.6 is 23.2 Å². The van der Waals surface area contributed by atoms with E-state index in [0.717, 1.165) is 5.56 Å². The van der Waals surface area contributed by atoms with E-state index in [9.17, 15) is 4.79 Å². The third-order valence-corrected chi connectivity index (χ3v) is 3.36. The minimum absolute atomic E-state index is 0.0490. The molecule has 1 aromatic carbocycles. The number of ether oxygens (including phenoxy) is 1. The van der Waals surface area contributed by atoms with Crippen LogP contribution in [0.4, 0.5) is 0 Å². The van der Waals surface area contributed by atoms with Gasteiger partial charge in [0.05, 0.1) is 17.5 Å². The summed E-state index contributed by atoms with van der Waals surface area (Å²) in [4.78, 5) is 11.1. The number of nitrogens with two attached hydrogens (primary N) is 1. The number of hydrogen-bond donors (Lipinski definition) is 2. The molecule has 3 N–H and O–H groups in total. The highest BCUT2D eigenvalue weighted by molar-refractivity contribution is 6.35. The number of amides is 1. The predicted octanol–water partition coefficient (Wildman–Crippen LogP) is 3.38. The van der Waals surface area contributed by atoms with Gasteiger partial charge in [-0.3, -0.25) is 4.79 Å². The first-order valence-corrected chi connectivity index (χ1v) is 7.51. The van der Waals surface area contributed by atoms with Gasteiger partial charge in [0.2, 0.25) is 5.91 Å². The Hall–Kier alpha value is -0.970. The zero-order valence-electron chi connectivity index (χ0n) is 12.8. The maximum absolute atomic E-state index is 11.1. The lowest BCUT2D eigenvalue weighted by molar-refractivity contribution is -0.122. The van der Waals surface area contributed by atoms with Gasteiger partial charge in [-0.05, 0) is 32.9 Å². The fourth-order valence-electron chi connectivity index (χ4n) is 1.56. The zero-order valence-corrected chi connectivity index (χ0v) is 14.3. The normalized spacial score (nSPS) is 13.0. The maximum atomic E-state index is 11.1. The molecular weight excluding hydrogens is 311 g/mol. The smallest absolute Gasteiger partial charge is 0.223 e. The molecule has 6 heteroatoms. The molecule has 0 aliphatic rings. The molecule has 0 radical (unpaired) electrons. The van der Waals surface area contributed by atoms with Crippen molar-refractivity contribution in [2.75, 3.05) is 6.61 Å². The van der Waals surface area contributed by atoms with Gasteiger partial charge >= 0.3 is 0 Å². The third-order valence-electron chi connectivity index (χ3n) is 2.86. The molecule has 0 heterocycles. The number of rotatable bonds is 6. The van der Waals surface area contributed by atoms with Gasteiger partial charge in [0.25, 0.3) is 0 Å². The van der Waals surface area contributed by atoms with E-state index in [-0.39, 0.29) is 18.1 Å². The Morgan fingerprint density at radius 2 is 2.00 bits per heavy atom. The first-order valence-electron chi connectivity index (χ1n) is 6.75. The standard InChI is InChI=1S/C15H22Cl2N2O2/c1-9(14(18)20)8-21-13-10(7-19-15(2,3)4)5-11(16)6-12(13)17/h5-6,9,19H,7-8H2,1-4H3,(H2,18,20). The Morgan fingerprint density at radius 3 is 2.52 bits per heavy atom. The predicted molar refractivity (Wildman–Crippen MR) is 86.9 cm³/mol. The Labute approximate surface area is 135 Å². The lowest BCUT2D eigenvalue weighted by atomic mass is 10.1. The van der Waals surface area contributed by atoms with E-state index in [0.29, 0.717) is 22.3 Å². The molecule has 21 heavy (non-hydrogen) atoms. The van der Waals surface area contributed by atoms with Crippen LogP contribution in [0.15, 0.2) is 12.1 Å². The highest BCUT2D eigenvalue weighted by Crippen LogP contribution is 2.33. The van der Waals surface area contributed by atoms with E-state index in [4.69, 9.17) is 33.7 Å². The number of hydrogen-bond acceptors (Lipinski definition) is 3. The molecule has 0 aliphatic carbocycles. The maximum Gasteiger partial charge on any atom is 0.223 e. The number of primary amides is 1. The fourth-order valence-corrected chi connectivity index (χ4v) is 2.15. The molecule has 4 nitrogen and oxygen atoms in total. The van der Waals surface area contributed by atoms with Crippen molar-refractivity contribution in [2.45, 2.75) is 39.8 Å². The highest BCUT2D eigenvalue weighted by Gasteiger charge is 2.16. The number of carbonyl (C=O) groups is 1. The van der Waals surface area contributed by atoms with E-state index in [1.54, 1.807) is 19.1 Å². The van der Waals surface area contributed by atoms with Gasteiger partial charge < -0.3 is 15.8 Å². The van der Waals surface area contributed by atoms with Crippen LogP contribution < -0.4 is 15.8 Å². The van der Waals surface area contributed by atoms with Gasteiger partial charge in [0.15, 0.2) is 0 Å². The zero-order chi connectivity index (χ0) is 16.2. The van der Waals surface area contributed by atoms with Crippen LogP contribution in [0.3, 0.4) is 0 Å². The Kier molecular flexibility index (Phi) is 6.32. The molecule has 0 fully saturated rings. The average molecular weight is 333 g/mol. The molecule has 0 saturated carbocycles. The van der Waals surface area contributed by atoms with Crippen LogP contribution in [0.2, 0.25) is 10.0 Å². The minimum Gasteiger partial charge on any atom is -0.491 e. The molecule has 0 bridgehead atoms. The summed E-state index contributed by atoms with van der Waals surface area (Å²) in [5.41, 5.74) is 6.03. The first kappa shape index (κ1) is 18.1. The van der Waals surface area contributed by atoms with Gasteiger partial charge in [0, 0.05) is 22.7 Å². The second-order valence-corrected chi connectivity index (χ2v) is 6.94. The van der Waals surface area contributed by atoms with Crippen molar-refractivity contribution in [1.82, 2.24) is 5.32 Å². The minimum atomic E-state index is -0.408. The van der Waals surface area contributed by atoms with Crippen molar-refractivity contribution in [3.63, 3.8) is 0 Å². The third kappa shape index (κ3) is 6.12. The van der Waals surface area contributed by atoms with E-state index in [1.807, 2.05) is 0 Å². The molecule has 118 valence electrons. The quantitative estimate of drug-likeness (QED) is 0.839. The Morgan fingerprint density at radius 1 is 1.38 bits per heavy atom. The number of nitrogens with one attached hydrogen (secondary N) is 1. The SMILES string of the molecule is CC(COc1c(Cl)cc(Cl)cc1CNC(C)(C)C)C(N)=O. The molecule has 1 rings (SSSR count). The highest BCUT2D eigenvalue weighted by atomic mass is 35.5. The molecule has 0 spiro atoms. The van der Waals surface area contributed by atoms with Crippen LogP contribution in [0.1, 0.15) is 33.3 Å². The topological polar surface area (TPSA) is 64.3 Å². The summed E-state index contributed by atoms with van der Waals surface area (Å²) in [5.74, 6) is -0.263. The molecule has 1 unspecified atom stereocenters. The molecule has 1 aromatic rings. The van der Waals surface area contributed by atoms with Gasteiger partial charge in [-0.15, -0.1) is 0 Å². The van der Waals surface area contributed by atoms with Crippen LogP contribution in [0.5, 0.6) is 5.75 Å². The summed E-state index contributed by atoms with van der Waals surface area (Å²) in [7, 11) is 0. The van der Waals surface area contributed by atoms with Crippen LogP contribution in [0, 0.1) is 5.92 Å².